The Morgan fingerprint density at radius 1 is 0.719 bits per heavy atom. The van der Waals surface area contributed by atoms with Gasteiger partial charge in [0.2, 0.25) is 0 Å². The molecular formula is C24H35O7P. The van der Waals surface area contributed by atoms with Crippen LogP contribution in [0.1, 0.15) is 52.4 Å². The van der Waals surface area contributed by atoms with Crippen LogP contribution in [0.25, 0.3) is 0 Å². The first-order chi connectivity index (χ1) is 15.3. The zero-order chi connectivity index (χ0) is 23.8. The maximum Gasteiger partial charge on any atom is 0.361 e. The maximum absolute atomic E-state index is 13.3. The third-order valence-electron chi connectivity index (χ3n) is 4.34. The van der Waals surface area contributed by atoms with Crippen LogP contribution in [0.15, 0.2) is 54.6 Å². The average molecular weight is 467 g/mol. The van der Waals surface area contributed by atoms with Crippen molar-refractivity contribution in [2.75, 3.05) is 26.4 Å². The number of unbranched alkanes of at least 4 members (excludes halogenated alkanes) is 4. The van der Waals surface area contributed by atoms with Crippen molar-refractivity contribution >= 4 is 24.8 Å². The van der Waals surface area contributed by atoms with E-state index in [1.54, 1.807) is 38.1 Å². The summed E-state index contributed by atoms with van der Waals surface area (Å²) in [5.41, 5.74) is 0.754. The molecule has 0 spiro atoms. The Bertz CT molecular complexity index is 745. The molecule has 0 heterocycles. The molecule has 0 N–H and O–H groups in total. The van der Waals surface area contributed by atoms with E-state index in [0.717, 1.165) is 12.8 Å². The van der Waals surface area contributed by atoms with Crippen molar-refractivity contribution in [1.29, 1.82) is 0 Å². The number of benzene rings is 1. The first-order valence-corrected chi connectivity index (χ1v) is 12.4. The van der Waals surface area contributed by atoms with E-state index >= 15 is 0 Å². The minimum absolute atomic E-state index is 0.275. The Morgan fingerprint density at radius 2 is 1.12 bits per heavy atom. The van der Waals surface area contributed by atoms with E-state index in [1.807, 2.05) is 6.07 Å². The highest BCUT2D eigenvalue weighted by Crippen LogP contribution is 2.47. The summed E-state index contributed by atoms with van der Waals surface area (Å²) >= 11 is 0. The highest BCUT2D eigenvalue weighted by atomic mass is 31.2. The summed E-state index contributed by atoms with van der Waals surface area (Å²) in [6.07, 6.45) is 4.24. The number of esters is 2. The van der Waals surface area contributed by atoms with E-state index in [9.17, 15) is 14.2 Å². The van der Waals surface area contributed by atoms with E-state index in [0.29, 0.717) is 55.3 Å². The standard InChI is InChI=1S/C24H35O7P/c1-20(2)23(25)28-16-10-6-12-18-30-32(27,22-14-8-5-9-15-22)31-19-13-7-11-17-29-24(26)21(3)4/h5,8-9,14-15H,1,3,6-7,10-13,16-19H2,2,4H3. The molecule has 0 aliphatic carbocycles. The molecule has 0 aliphatic heterocycles. The fourth-order valence-electron chi connectivity index (χ4n) is 2.50. The summed E-state index contributed by atoms with van der Waals surface area (Å²) in [4.78, 5) is 22.7. The first-order valence-electron chi connectivity index (χ1n) is 10.9. The van der Waals surface area contributed by atoms with Crippen LogP contribution in [-0.2, 0) is 32.7 Å². The molecule has 7 nitrogen and oxygen atoms in total. The molecule has 0 amide bonds. The van der Waals surface area contributed by atoms with Crippen molar-refractivity contribution in [1.82, 2.24) is 0 Å². The van der Waals surface area contributed by atoms with Crippen molar-refractivity contribution in [2.45, 2.75) is 52.4 Å². The van der Waals surface area contributed by atoms with Gasteiger partial charge in [0.25, 0.3) is 0 Å². The summed E-state index contributed by atoms with van der Waals surface area (Å²) in [5.74, 6) is -0.783. The van der Waals surface area contributed by atoms with E-state index in [1.165, 1.54) is 0 Å². The van der Waals surface area contributed by atoms with Crippen LogP contribution >= 0.6 is 7.60 Å². The summed E-state index contributed by atoms with van der Waals surface area (Å²) in [7, 11) is -3.43. The average Bonchev–Trinajstić information content (AvgIpc) is 2.77. The normalized spacial score (nSPS) is 11.1. The number of hydrogen-bond donors (Lipinski definition) is 0. The lowest BCUT2D eigenvalue weighted by molar-refractivity contribution is -0.139. The fraction of sp³-hybridized carbons (Fsp3) is 0.500. The molecule has 1 rings (SSSR count). The van der Waals surface area contributed by atoms with Crippen LogP contribution in [0.5, 0.6) is 0 Å². The van der Waals surface area contributed by atoms with Gasteiger partial charge < -0.3 is 18.5 Å². The monoisotopic (exact) mass is 466 g/mol. The first kappa shape index (κ1) is 27.8. The molecule has 1 aromatic rings. The summed E-state index contributed by atoms with van der Waals surface area (Å²) in [6.45, 7) is 11.5. The molecule has 0 atom stereocenters. The molecule has 32 heavy (non-hydrogen) atoms. The highest BCUT2D eigenvalue weighted by molar-refractivity contribution is 7.62. The van der Waals surface area contributed by atoms with E-state index in [2.05, 4.69) is 13.2 Å². The van der Waals surface area contributed by atoms with Gasteiger partial charge in [-0.2, -0.15) is 0 Å². The number of ether oxygens (including phenoxy) is 2. The molecule has 0 bridgehead atoms. The molecule has 0 saturated carbocycles. The van der Waals surface area contributed by atoms with Crippen molar-refractivity contribution in [3.05, 3.63) is 54.6 Å². The lowest BCUT2D eigenvalue weighted by Crippen LogP contribution is -2.12. The molecule has 0 aliphatic rings. The van der Waals surface area contributed by atoms with Gasteiger partial charge in [-0.1, -0.05) is 31.4 Å². The van der Waals surface area contributed by atoms with Crippen molar-refractivity contribution in [2.24, 2.45) is 0 Å². The minimum Gasteiger partial charge on any atom is -0.462 e. The molecule has 0 unspecified atom stereocenters. The number of carbonyl (C=O) groups excluding carboxylic acids is 2. The minimum atomic E-state index is -3.43. The van der Waals surface area contributed by atoms with Gasteiger partial charge in [0, 0.05) is 11.1 Å². The van der Waals surface area contributed by atoms with Crippen LogP contribution in [0.2, 0.25) is 0 Å². The molecular weight excluding hydrogens is 431 g/mol. The van der Waals surface area contributed by atoms with Crippen LogP contribution < -0.4 is 5.30 Å². The Labute approximate surface area is 191 Å². The van der Waals surface area contributed by atoms with Gasteiger partial charge in [-0.25, -0.2) is 9.59 Å². The van der Waals surface area contributed by atoms with Gasteiger partial charge >= 0.3 is 19.5 Å². The van der Waals surface area contributed by atoms with Crippen LogP contribution in [0, 0.1) is 0 Å². The Balaban J connectivity index is 2.35. The van der Waals surface area contributed by atoms with Gasteiger partial charge in [-0.3, -0.25) is 4.57 Å². The van der Waals surface area contributed by atoms with Crippen molar-refractivity contribution < 1.29 is 32.7 Å². The summed E-state index contributed by atoms with van der Waals surface area (Å²) < 4.78 is 34.8. The molecule has 0 radical (unpaired) electrons. The molecule has 0 saturated heterocycles. The third kappa shape index (κ3) is 11.4. The molecule has 8 heteroatoms. The van der Waals surface area contributed by atoms with Crippen LogP contribution in [-0.4, -0.2) is 38.4 Å². The Kier molecular flexibility index (Phi) is 13.5. The van der Waals surface area contributed by atoms with E-state index < -0.39 is 19.5 Å². The lowest BCUT2D eigenvalue weighted by Gasteiger charge is -2.19. The molecule has 0 fully saturated rings. The quantitative estimate of drug-likeness (QED) is 0.136. The second kappa shape index (κ2) is 15.6. The van der Waals surface area contributed by atoms with Gasteiger partial charge in [0.15, 0.2) is 0 Å². The van der Waals surface area contributed by atoms with E-state index in [4.69, 9.17) is 18.5 Å². The number of carbonyl (C=O) groups is 2. The Hall–Kier alpha value is -2.21. The van der Waals surface area contributed by atoms with Crippen LogP contribution in [0.4, 0.5) is 0 Å². The zero-order valence-corrected chi connectivity index (χ0v) is 20.1. The summed E-state index contributed by atoms with van der Waals surface area (Å²) in [6, 6.07) is 8.89. The maximum atomic E-state index is 13.3. The van der Waals surface area contributed by atoms with Crippen molar-refractivity contribution in [3.8, 4) is 0 Å². The molecule has 1 aromatic carbocycles. The largest absolute Gasteiger partial charge is 0.462 e. The fourth-order valence-corrected chi connectivity index (χ4v) is 4.15. The lowest BCUT2D eigenvalue weighted by atomic mass is 10.2. The second-order valence-corrected chi connectivity index (χ2v) is 9.48. The number of hydrogen-bond acceptors (Lipinski definition) is 7. The van der Waals surface area contributed by atoms with Crippen LogP contribution in [0.3, 0.4) is 0 Å². The molecule has 0 aromatic heterocycles. The van der Waals surface area contributed by atoms with Crippen molar-refractivity contribution in [3.63, 3.8) is 0 Å². The SMILES string of the molecule is C=C(C)C(=O)OCCCCCOP(=O)(OCCCCCOC(=O)C(=C)C)c1ccccc1. The summed E-state index contributed by atoms with van der Waals surface area (Å²) in [5, 5.41) is 0.519. The third-order valence-corrected chi connectivity index (χ3v) is 6.31. The Morgan fingerprint density at radius 3 is 1.53 bits per heavy atom. The van der Waals surface area contributed by atoms with Gasteiger partial charge in [0.05, 0.1) is 31.7 Å². The predicted molar refractivity (Wildman–Crippen MR) is 125 cm³/mol. The second-order valence-electron chi connectivity index (χ2n) is 7.45. The van der Waals surface area contributed by atoms with E-state index in [-0.39, 0.29) is 13.2 Å². The predicted octanol–water partition coefficient (Wildman–Crippen LogP) is 5.12. The molecule has 178 valence electrons. The number of rotatable bonds is 17. The highest BCUT2D eigenvalue weighted by Gasteiger charge is 2.27. The van der Waals surface area contributed by atoms with Gasteiger partial charge in [-0.15, -0.1) is 0 Å². The van der Waals surface area contributed by atoms with Gasteiger partial charge in [-0.05, 0) is 64.5 Å². The smallest absolute Gasteiger partial charge is 0.361 e. The zero-order valence-electron chi connectivity index (χ0n) is 19.2. The topological polar surface area (TPSA) is 88.1 Å². The van der Waals surface area contributed by atoms with Gasteiger partial charge in [0.1, 0.15) is 0 Å².